The van der Waals surface area contributed by atoms with Crippen molar-refractivity contribution in [1.82, 2.24) is 15.1 Å². The van der Waals surface area contributed by atoms with Gasteiger partial charge in [0.05, 0.1) is 11.7 Å². The van der Waals surface area contributed by atoms with E-state index >= 15 is 0 Å². The number of aryl methyl sites for hydroxylation is 2. The monoisotopic (exact) mass is 277 g/mol. The Labute approximate surface area is 119 Å². The molecule has 0 radical (unpaired) electrons. The first-order chi connectivity index (χ1) is 9.17. The van der Waals surface area contributed by atoms with Crippen molar-refractivity contribution in [2.75, 3.05) is 7.05 Å². The van der Waals surface area contributed by atoms with Gasteiger partial charge >= 0.3 is 0 Å². The van der Waals surface area contributed by atoms with Crippen LogP contribution in [-0.4, -0.2) is 16.8 Å². The highest BCUT2D eigenvalue weighted by Crippen LogP contribution is 2.26. The minimum Gasteiger partial charge on any atom is -0.308 e. The summed E-state index contributed by atoms with van der Waals surface area (Å²) in [5, 5.41) is 8.55. The van der Waals surface area contributed by atoms with E-state index in [1.807, 2.05) is 25.4 Å². The number of hydrogen-bond acceptors (Lipinski definition) is 2. The Morgan fingerprint density at radius 2 is 2.16 bits per heavy atom. The van der Waals surface area contributed by atoms with Crippen LogP contribution in [0.15, 0.2) is 30.5 Å². The smallest absolute Gasteiger partial charge is 0.0748 e. The van der Waals surface area contributed by atoms with Crippen LogP contribution in [0.4, 0.5) is 0 Å². The Morgan fingerprint density at radius 1 is 1.37 bits per heavy atom. The second kappa shape index (κ2) is 6.22. The zero-order valence-corrected chi connectivity index (χ0v) is 12.4. The molecule has 2 rings (SSSR count). The number of nitrogens with zero attached hydrogens (tertiary/aromatic N) is 2. The summed E-state index contributed by atoms with van der Waals surface area (Å²) in [6.45, 7) is 5.19. The first-order valence-electron chi connectivity index (χ1n) is 6.62. The topological polar surface area (TPSA) is 29.9 Å². The molecule has 1 aromatic heterocycles. The van der Waals surface area contributed by atoms with Gasteiger partial charge in [0.25, 0.3) is 0 Å². The molecule has 0 aliphatic heterocycles. The van der Waals surface area contributed by atoms with Crippen LogP contribution in [0.1, 0.15) is 36.2 Å². The van der Waals surface area contributed by atoms with Crippen molar-refractivity contribution in [3.05, 3.63) is 52.3 Å². The molecule has 0 saturated heterocycles. The number of hydrogen-bond donors (Lipinski definition) is 1. The van der Waals surface area contributed by atoms with Gasteiger partial charge in [0.15, 0.2) is 0 Å². The molecule has 0 spiro atoms. The average molecular weight is 278 g/mol. The molecule has 2 aromatic rings. The summed E-state index contributed by atoms with van der Waals surface area (Å²) < 4.78 is 2.06. The second-order valence-corrected chi connectivity index (χ2v) is 5.14. The molecule has 0 amide bonds. The quantitative estimate of drug-likeness (QED) is 0.906. The fourth-order valence-corrected chi connectivity index (χ4v) is 2.64. The van der Waals surface area contributed by atoms with Gasteiger partial charge in [0.2, 0.25) is 0 Å². The maximum Gasteiger partial charge on any atom is 0.0748 e. The van der Waals surface area contributed by atoms with Gasteiger partial charge in [-0.1, -0.05) is 24.6 Å². The molecule has 1 N–H and O–H groups in total. The van der Waals surface area contributed by atoms with Crippen LogP contribution in [0, 0.1) is 6.92 Å². The van der Waals surface area contributed by atoms with Gasteiger partial charge in [-0.2, -0.15) is 5.10 Å². The lowest BCUT2D eigenvalue weighted by atomic mass is 9.99. The molecule has 1 atom stereocenters. The summed E-state index contributed by atoms with van der Waals surface area (Å²) in [7, 11) is 1.97. The lowest BCUT2D eigenvalue weighted by Gasteiger charge is -2.20. The Kier molecular flexibility index (Phi) is 4.61. The van der Waals surface area contributed by atoms with Gasteiger partial charge in [-0.3, -0.25) is 4.68 Å². The standard InChI is InChI=1S/C15H20ClN3/c1-4-9-19-14(7-8-18-19)15(17-3)13-6-5-12(16)10-11(13)2/h5-8,10,15,17H,4,9H2,1-3H3. The van der Waals surface area contributed by atoms with Gasteiger partial charge in [-0.15, -0.1) is 0 Å². The van der Waals surface area contributed by atoms with Crippen molar-refractivity contribution in [2.45, 2.75) is 32.9 Å². The summed E-state index contributed by atoms with van der Waals surface area (Å²) in [5.74, 6) is 0. The van der Waals surface area contributed by atoms with Gasteiger partial charge in [-0.05, 0) is 49.7 Å². The van der Waals surface area contributed by atoms with Crippen molar-refractivity contribution < 1.29 is 0 Å². The summed E-state index contributed by atoms with van der Waals surface area (Å²) in [4.78, 5) is 0. The second-order valence-electron chi connectivity index (χ2n) is 4.70. The van der Waals surface area contributed by atoms with Crippen LogP contribution in [0.2, 0.25) is 5.02 Å². The number of benzene rings is 1. The molecule has 19 heavy (non-hydrogen) atoms. The van der Waals surface area contributed by atoms with E-state index in [4.69, 9.17) is 11.6 Å². The molecule has 1 heterocycles. The molecule has 0 bridgehead atoms. The average Bonchev–Trinajstić information content (AvgIpc) is 2.82. The molecular weight excluding hydrogens is 258 g/mol. The third-order valence-corrected chi connectivity index (χ3v) is 3.55. The Hall–Kier alpha value is -1.32. The predicted molar refractivity (Wildman–Crippen MR) is 79.6 cm³/mol. The van der Waals surface area contributed by atoms with Crippen LogP contribution in [-0.2, 0) is 6.54 Å². The summed E-state index contributed by atoms with van der Waals surface area (Å²) in [5.41, 5.74) is 3.62. The highest BCUT2D eigenvalue weighted by atomic mass is 35.5. The zero-order chi connectivity index (χ0) is 13.8. The highest BCUT2D eigenvalue weighted by Gasteiger charge is 2.18. The van der Waals surface area contributed by atoms with Gasteiger partial charge in [0.1, 0.15) is 0 Å². The molecule has 4 heteroatoms. The van der Waals surface area contributed by atoms with Crippen LogP contribution >= 0.6 is 11.6 Å². The van der Waals surface area contributed by atoms with E-state index in [-0.39, 0.29) is 6.04 Å². The maximum atomic E-state index is 6.03. The summed E-state index contributed by atoms with van der Waals surface area (Å²) >= 11 is 6.03. The van der Waals surface area contributed by atoms with Crippen molar-refractivity contribution in [2.24, 2.45) is 0 Å². The van der Waals surface area contributed by atoms with Crippen molar-refractivity contribution in [3.63, 3.8) is 0 Å². The van der Waals surface area contributed by atoms with Gasteiger partial charge in [-0.25, -0.2) is 0 Å². The lowest BCUT2D eigenvalue weighted by molar-refractivity contribution is 0.534. The highest BCUT2D eigenvalue weighted by molar-refractivity contribution is 6.30. The Morgan fingerprint density at radius 3 is 2.79 bits per heavy atom. The predicted octanol–water partition coefficient (Wildman–Crippen LogP) is 3.56. The van der Waals surface area contributed by atoms with E-state index in [0.717, 1.165) is 18.0 Å². The fraction of sp³-hybridized carbons (Fsp3) is 0.400. The normalized spacial score (nSPS) is 12.6. The van der Waals surface area contributed by atoms with Crippen LogP contribution in [0.25, 0.3) is 0 Å². The first kappa shape index (κ1) is 14.1. The van der Waals surface area contributed by atoms with E-state index in [0.29, 0.717) is 0 Å². The van der Waals surface area contributed by atoms with E-state index < -0.39 is 0 Å². The third kappa shape index (κ3) is 2.99. The van der Waals surface area contributed by atoms with E-state index in [1.54, 1.807) is 0 Å². The minimum absolute atomic E-state index is 0.145. The van der Waals surface area contributed by atoms with Gasteiger partial charge < -0.3 is 5.32 Å². The van der Waals surface area contributed by atoms with E-state index in [2.05, 4.69) is 41.1 Å². The molecule has 102 valence electrons. The lowest BCUT2D eigenvalue weighted by Crippen LogP contribution is -2.22. The molecule has 0 aliphatic carbocycles. The molecule has 0 saturated carbocycles. The summed E-state index contributed by atoms with van der Waals surface area (Å²) in [6.07, 6.45) is 2.94. The molecule has 3 nitrogen and oxygen atoms in total. The molecule has 0 fully saturated rings. The van der Waals surface area contributed by atoms with Crippen LogP contribution in [0.3, 0.4) is 0 Å². The number of aromatic nitrogens is 2. The van der Waals surface area contributed by atoms with Gasteiger partial charge in [0, 0.05) is 17.8 Å². The zero-order valence-electron chi connectivity index (χ0n) is 11.7. The van der Waals surface area contributed by atoms with Crippen LogP contribution < -0.4 is 5.32 Å². The minimum atomic E-state index is 0.145. The van der Waals surface area contributed by atoms with E-state index in [1.165, 1.54) is 16.8 Å². The summed E-state index contributed by atoms with van der Waals surface area (Å²) in [6, 6.07) is 8.25. The Bertz CT molecular complexity index is 548. The third-order valence-electron chi connectivity index (χ3n) is 3.31. The van der Waals surface area contributed by atoms with Crippen LogP contribution in [0.5, 0.6) is 0 Å². The molecular formula is C15H20ClN3. The number of nitrogens with one attached hydrogen (secondary N) is 1. The molecule has 1 unspecified atom stereocenters. The fourth-order valence-electron chi connectivity index (χ4n) is 2.41. The van der Waals surface area contributed by atoms with E-state index in [9.17, 15) is 0 Å². The van der Waals surface area contributed by atoms with Crippen molar-refractivity contribution in [3.8, 4) is 0 Å². The Balaban J connectivity index is 2.41. The maximum absolute atomic E-state index is 6.03. The molecule has 1 aromatic carbocycles. The van der Waals surface area contributed by atoms with Crippen molar-refractivity contribution in [1.29, 1.82) is 0 Å². The largest absolute Gasteiger partial charge is 0.308 e. The molecule has 0 aliphatic rings. The SMILES string of the molecule is CCCn1nccc1C(NC)c1ccc(Cl)cc1C. The van der Waals surface area contributed by atoms with Crippen molar-refractivity contribution >= 4 is 11.6 Å². The number of rotatable bonds is 5. The first-order valence-corrected chi connectivity index (χ1v) is 7.00. The number of halogens is 1.